The summed E-state index contributed by atoms with van der Waals surface area (Å²) in [5.74, 6) is 1.07. The minimum absolute atomic E-state index is 0.0109. The lowest BCUT2D eigenvalue weighted by atomic mass is 9.89. The standard InChI is InChI=1S/C17H24F3N7O/c18-17(19,20)9-23-5-13(26-22)8-27-7-12(6-24-27)25-16(28)15(21)14(10-1-2-10)11-3-4-11/h5-7,10-11,14-15,22-23H,1-4,8-9,21H2,(H,25,28)/b13-5-,26-22?/t15-/m0/s1. The molecule has 1 atom stereocenters. The fourth-order valence-corrected chi connectivity index (χ4v) is 3.41. The number of allylic oxidation sites excluding steroid dienone is 1. The number of carbonyl (C=O) groups is 1. The van der Waals surface area contributed by atoms with Gasteiger partial charge in [0.2, 0.25) is 5.91 Å². The number of alkyl halides is 3. The molecule has 11 heteroatoms. The second-order valence-electron chi connectivity index (χ2n) is 7.44. The zero-order chi connectivity index (χ0) is 20.3. The van der Waals surface area contributed by atoms with Crippen molar-refractivity contribution >= 4 is 11.6 Å². The minimum atomic E-state index is -4.36. The molecule has 1 heterocycles. The van der Waals surface area contributed by atoms with E-state index in [0.717, 1.165) is 31.9 Å². The number of amides is 1. The second-order valence-corrected chi connectivity index (χ2v) is 7.44. The van der Waals surface area contributed by atoms with Crippen LogP contribution >= 0.6 is 0 Å². The van der Waals surface area contributed by atoms with Crippen molar-refractivity contribution in [3.8, 4) is 0 Å². The Kier molecular flexibility index (Phi) is 6.01. The minimum Gasteiger partial charge on any atom is -0.381 e. The maximum absolute atomic E-state index is 12.5. The third-order valence-corrected chi connectivity index (χ3v) is 4.99. The van der Waals surface area contributed by atoms with Crippen LogP contribution in [0.4, 0.5) is 18.9 Å². The number of halogens is 3. The van der Waals surface area contributed by atoms with Gasteiger partial charge >= 0.3 is 6.18 Å². The molecule has 2 aliphatic carbocycles. The van der Waals surface area contributed by atoms with Gasteiger partial charge in [-0.2, -0.15) is 23.4 Å². The number of rotatable bonds is 10. The molecule has 3 rings (SSSR count). The van der Waals surface area contributed by atoms with E-state index in [4.69, 9.17) is 11.3 Å². The van der Waals surface area contributed by atoms with Crippen LogP contribution in [0.2, 0.25) is 0 Å². The molecule has 28 heavy (non-hydrogen) atoms. The predicted molar refractivity (Wildman–Crippen MR) is 95.1 cm³/mol. The van der Waals surface area contributed by atoms with Crippen molar-refractivity contribution < 1.29 is 18.0 Å². The predicted octanol–water partition coefficient (Wildman–Crippen LogP) is 2.61. The van der Waals surface area contributed by atoms with Gasteiger partial charge in [0.1, 0.15) is 6.54 Å². The van der Waals surface area contributed by atoms with Crippen LogP contribution in [0.15, 0.2) is 29.4 Å². The highest BCUT2D eigenvalue weighted by Gasteiger charge is 2.46. The smallest absolute Gasteiger partial charge is 0.381 e. The molecule has 0 saturated heterocycles. The molecule has 1 amide bonds. The fourth-order valence-electron chi connectivity index (χ4n) is 3.41. The number of anilines is 1. The van der Waals surface area contributed by atoms with E-state index >= 15 is 0 Å². The average Bonchev–Trinajstić information content (AvgIpc) is 3.55. The zero-order valence-electron chi connectivity index (χ0n) is 15.2. The Bertz CT molecular complexity index is 725. The van der Waals surface area contributed by atoms with Crippen LogP contribution in [0, 0.1) is 23.3 Å². The van der Waals surface area contributed by atoms with Gasteiger partial charge in [-0.3, -0.25) is 9.48 Å². The van der Waals surface area contributed by atoms with Crippen LogP contribution in [-0.2, 0) is 11.3 Å². The van der Waals surface area contributed by atoms with Gasteiger partial charge in [-0.15, -0.1) is 0 Å². The van der Waals surface area contributed by atoms with E-state index in [-0.39, 0.29) is 24.1 Å². The Balaban J connectivity index is 1.53. The first-order valence-corrected chi connectivity index (χ1v) is 9.22. The van der Waals surface area contributed by atoms with E-state index in [9.17, 15) is 18.0 Å². The molecule has 2 fully saturated rings. The molecule has 0 bridgehead atoms. The van der Waals surface area contributed by atoms with E-state index in [1.807, 2.05) is 0 Å². The van der Waals surface area contributed by atoms with E-state index in [2.05, 4.69) is 20.8 Å². The quantitative estimate of drug-likeness (QED) is 0.452. The lowest BCUT2D eigenvalue weighted by Crippen LogP contribution is -2.43. The maximum Gasteiger partial charge on any atom is 0.405 e. The molecule has 0 radical (unpaired) electrons. The first kappa shape index (κ1) is 20.3. The molecule has 0 unspecified atom stereocenters. The summed E-state index contributed by atoms with van der Waals surface area (Å²) >= 11 is 0. The molecule has 1 aromatic rings. The van der Waals surface area contributed by atoms with Gasteiger partial charge in [0, 0.05) is 12.4 Å². The van der Waals surface area contributed by atoms with Crippen molar-refractivity contribution in [3.63, 3.8) is 0 Å². The number of nitrogens with one attached hydrogen (secondary N) is 3. The van der Waals surface area contributed by atoms with Crippen molar-refractivity contribution in [2.45, 2.75) is 44.4 Å². The summed E-state index contributed by atoms with van der Waals surface area (Å²) in [6.45, 7) is -1.23. The molecule has 0 aromatic carbocycles. The van der Waals surface area contributed by atoms with Crippen molar-refractivity contribution in [1.29, 1.82) is 5.53 Å². The van der Waals surface area contributed by atoms with Gasteiger partial charge in [0.25, 0.3) is 0 Å². The van der Waals surface area contributed by atoms with Gasteiger partial charge < -0.3 is 16.4 Å². The molecule has 2 saturated carbocycles. The number of hydrogen-bond acceptors (Lipinski definition) is 6. The molecule has 154 valence electrons. The zero-order valence-corrected chi connectivity index (χ0v) is 15.2. The molecule has 0 aliphatic heterocycles. The van der Waals surface area contributed by atoms with Crippen molar-refractivity contribution in [1.82, 2.24) is 15.1 Å². The van der Waals surface area contributed by atoms with Gasteiger partial charge in [0.15, 0.2) is 0 Å². The highest BCUT2D eigenvalue weighted by atomic mass is 19.4. The molecular weight excluding hydrogens is 375 g/mol. The summed E-state index contributed by atoms with van der Waals surface area (Å²) in [6.07, 6.45) is 4.15. The van der Waals surface area contributed by atoms with E-state index < -0.39 is 18.8 Å². The summed E-state index contributed by atoms with van der Waals surface area (Å²) < 4.78 is 37.8. The summed E-state index contributed by atoms with van der Waals surface area (Å²) in [4.78, 5) is 12.5. The molecule has 1 aromatic heterocycles. The van der Waals surface area contributed by atoms with Crippen LogP contribution in [0.25, 0.3) is 0 Å². The van der Waals surface area contributed by atoms with Crippen LogP contribution in [-0.4, -0.2) is 34.5 Å². The van der Waals surface area contributed by atoms with Crippen LogP contribution in [0.1, 0.15) is 25.7 Å². The highest BCUT2D eigenvalue weighted by molar-refractivity contribution is 5.94. The Morgan fingerprint density at radius 2 is 2.04 bits per heavy atom. The van der Waals surface area contributed by atoms with E-state index in [1.54, 1.807) is 0 Å². The summed E-state index contributed by atoms with van der Waals surface area (Å²) in [5, 5.41) is 12.1. The Hall–Kier alpha value is -2.43. The van der Waals surface area contributed by atoms with E-state index in [1.165, 1.54) is 17.1 Å². The summed E-state index contributed by atoms with van der Waals surface area (Å²) in [6, 6.07) is -0.561. The number of nitrogens with two attached hydrogens (primary N) is 1. The van der Waals surface area contributed by atoms with Crippen molar-refractivity contribution in [3.05, 3.63) is 24.3 Å². The van der Waals surface area contributed by atoms with Crippen LogP contribution < -0.4 is 16.4 Å². The van der Waals surface area contributed by atoms with Crippen molar-refractivity contribution in [2.75, 3.05) is 11.9 Å². The third-order valence-electron chi connectivity index (χ3n) is 4.99. The lowest BCUT2D eigenvalue weighted by Gasteiger charge is -2.22. The van der Waals surface area contributed by atoms with Crippen LogP contribution in [0.5, 0.6) is 0 Å². The highest BCUT2D eigenvalue weighted by Crippen LogP contribution is 2.50. The number of nitrogens with zero attached hydrogens (tertiary/aromatic N) is 3. The Labute approximate surface area is 160 Å². The molecule has 2 aliphatic rings. The number of aromatic nitrogens is 2. The first-order valence-electron chi connectivity index (χ1n) is 9.22. The summed E-state index contributed by atoms with van der Waals surface area (Å²) in [5.41, 5.74) is 13.8. The maximum atomic E-state index is 12.5. The SMILES string of the molecule is N=N/C(=C\NCC(F)(F)F)Cn1cc(NC(=O)[C@@H](N)C(C2CC2)C2CC2)cn1. The van der Waals surface area contributed by atoms with Gasteiger partial charge in [-0.1, -0.05) is 0 Å². The molecule has 5 N–H and O–H groups in total. The normalized spacial score (nSPS) is 18.8. The first-order chi connectivity index (χ1) is 13.3. The Morgan fingerprint density at radius 1 is 1.39 bits per heavy atom. The monoisotopic (exact) mass is 399 g/mol. The largest absolute Gasteiger partial charge is 0.405 e. The van der Waals surface area contributed by atoms with Gasteiger partial charge in [-0.05, 0) is 43.4 Å². The number of hydrogen-bond donors (Lipinski definition) is 4. The lowest BCUT2D eigenvalue weighted by molar-refractivity contribution is -0.123. The number of carbonyl (C=O) groups excluding carboxylic acids is 1. The molecule has 0 spiro atoms. The van der Waals surface area contributed by atoms with Crippen molar-refractivity contribution in [2.24, 2.45) is 28.6 Å². The van der Waals surface area contributed by atoms with E-state index in [0.29, 0.717) is 17.5 Å². The second kappa shape index (κ2) is 8.29. The fraction of sp³-hybridized carbons (Fsp3) is 0.647. The van der Waals surface area contributed by atoms with Crippen LogP contribution in [0.3, 0.4) is 0 Å². The molecule has 8 nitrogen and oxygen atoms in total. The Morgan fingerprint density at radius 3 is 2.57 bits per heavy atom. The topological polar surface area (TPSA) is 121 Å². The van der Waals surface area contributed by atoms with Gasteiger partial charge in [0.05, 0.1) is 30.2 Å². The molecular formula is C17H24F3N7O. The van der Waals surface area contributed by atoms with Gasteiger partial charge in [-0.25, -0.2) is 5.53 Å². The third kappa shape index (κ3) is 5.78. The summed E-state index contributed by atoms with van der Waals surface area (Å²) in [7, 11) is 0. The average molecular weight is 399 g/mol.